The number of nitrogens with one attached hydrogen (secondary N) is 1. The van der Waals surface area contributed by atoms with Gasteiger partial charge in [0.15, 0.2) is 0 Å². The van der Waals surface area contributed by atoms with E-state index in [0.29, 0.717) is 42.5 Å². The van der Waals surface area contributed by atoms with Crippen molar-refractivity contribution >= 4 is 38.9 Å². The van der Waals surface area contributed by atoms with E-state index in [0.717, 1.165) is 19.3 Å². The van der Waals surface area contributed by atoms with Crippen LogP contribution in [0.2, 0.25) is 0 Å². The van der Waals surface area contributed by atoms with Crippen LogP contribution >= 0.6 is 11.3 Å². The zero-order valence-corrected chi connectivity index (χ0v) is 19.1. The molecule has 0 radical (unpaired) electrons. The molecule has 166 valence electrons. The lowest BCUT2D eigenvalue weighted by Gasteiger charge is -2.30. The first-order valence-corrected chi connectivity index (χ1v) is 12.9. The quantitative estimate of drug-likeness (QED) is 0.739. The second kappa shape index (κ2) is 9.10. The first kappa shape index (κ1) is 22.0. The fourth-order valence-electron chi connectivity index (χ4n) is 4.27. The van der Waals surface area contributed by atoms with E-state index in [1.807, 2.05) is 11.4 Å². The van der Waals surface area contributed by atoms with Crippen LogP contribution in [0.4, 0.5) is 5.69 Å². The second-order valence-electron chi connectivity index (χ2n) is 8.26. The summed E-state index contributed by atoms with van der Waals surface area (Å²) in [5.74, 6) is -0.0129. The highest BCUT2D eigenvalue weighted by Gasteiger charge is 2.35. The summed E-state index contributed by atoms with van der Waals surface area (Å²) in [5, 5.41) is 4.69. The standard InChI is InChI=1S/C22H27N3O4S2/c1-16-5-2-12-24(15-16)31(28,29)18-10-8-17(9-11-18)23-21(26)19-6-3-13-25(19)22(27)20-7-4-14-30-20/h4,7-11,14,16,19H,2-3,5-6,12-13,15H2,1H3,(H,23,26)/t16-,19+/m1/s1. The number of rotatable bonds is 5. The molecule has 2 fully saturated rings. The molecule has 3 heterocycles. The molecule has 0 unspecified atom stereocenters. The first-order chi connectivity index (χ1) is 14.9. The van der Waals surface area contributed by atoms with E-state index in [1.54, 1.807) is 27.4 Å². The van der Waals surface area contributed by atoms with Gasteiger partial charge in [-0.3, -0.25) is 9.59 Å². The van der Waals surface area contributed by atoms with Gasteiger partial charge in [-0.05, 0) is 67.3 Å². The maximum atomic E-state index is 12.9. The van der Waals surface area contributed by atoms with Crippen LogP contribution in [0.5, 0.6) is 0 Å². The van der Waals surface area contributed by atoms with Crippen molar-refractivity contribution in [1.29, 1.82) is 0 Å². The van der Waals surface area contributed by atoms with Crippen LogP contribution in [0.3, 0.4) is 0 Å². The van der Waals surface area contributed by atoms with Gasteiger partial charge in [-0.25, -0.2) is 8.42 Å². The van der Waals surface area contributed by atoms with Gasteiger partial charge in [-0.2, -0.15) is 4.31 Å². The molecule has 1 N–H and O–H groups in total. The maximum absolute atomic E-state index is 12.9. The maximum Gasteiger partial charge on any atom is 0.264 e. The zero-order chi connectivity index (χ0) is 22.0. The molecule has 2 saturated heterocycles. The number of piperidine rings is 1. The number of carbonyl (C=O) groups is 2. The molecule has 2 aliphatic rings. The molecule has 4 rings (SSSR count). The molecule has 0 aliphatic carbocycles. The number of thiophene rings is 1. The van der Waals surface area contributed by atoms with Crippen LogP contribution in [0.1, 0.15) is 42.3 Å². The summed E-state index contributed by atoms with van der Waals surface area (Å²) >= 11 is 1.37. The van der Waals surface area contributed by atoms with E-state index in [-0.39, 0.29) is 16.7 Å². The molecule has 2 amide bonds. The molecule has 1 aromatic heterocycles. The predicted molar refractivity (Wildman–Crippen MR) is 121 cm³/mol. The smallest absolute Gasteiger partial charge is 0.264 e. The molecular formula is C22H27N3O4S2. The highest BCUT2D eigenvalue weighted by atomic mass is 32.2. The van der Waals surface area contributed by atoms with Crippen molar-refractivity contribution in [2.24, 2.45) is 5.92 Å². The number of hydrogen-bond donors (Lipinski definition) is 1. The average molecular weight is 462 g/mol. The minimum Gasteiger partial charge on any atom is -0.326 e. The summed E-state index contributed by atoms with van der Waals surface area (Å²) in [5.41, 5.74) is 0.520. The summed E-state index contributed by atoms with van der Waals surface area (Å²) < 4.78 is 27.3. The molecule has 0 bridgehead atoms. The Hall–Kier alpha value is -2.23. The lowest BCUT2D eigenvalue weighted by Crippen LogP contribution is -2.43. The Morgan fingerprint density at radius 2 is 1.81 bits per heavy atom. The highest BCUT2D eigenvalue weighted by molar-refractivity contribution is 7.89. The molecule has 9 heteroatoms. The molecule has 2 aliphatic heterocycles. The van der Waals surface area contributed by atoms with Crippen molar-refractivity contribution in [3.05, 3.63) is 46.7 Å². The van der Waals surface area contributed by atoms with Gasteiger partial charge in [-0.15, -0.1) is 11.3 Å². The molecule has 31 heavy (non-hydrogen) atoms. The van der Waals surface area contributed by atoms with Crippen molar-refractivity contribution in [1.82, 2.24) is 9.21 Å². The van der Waals surface area contributed by atoms with Gasteiger partial charge < -0.3 is 10.2 Å². The van der Waals surface area contributed by atoms with Crippen molar-refractivity contribution in [2.45, 2.75) is 43.5 Å². The third-order valence-electron chi connectivity index (χ3n) is 5.93. The fraction of sp³-hybridized carbons (Fsp3) is 0.455. The van der Waals surface area contributed by atoms with Gasteiger partial charge in [0.05, 0.1) is 9.77 Å². The minimum absolute atomic E-state index is 0.121. The number of benzene rings is 1. The Balaban J connectivity index is 1.43. The normalized spacial score (nSPS) is 22.4. The van der Waals surface area contributed by atoms with Gasteiger partial charge in [0.1, 0.15) is 6.04 Å². The average Bonchev–Trinajstić information content (AvgIpc) is 3.46. The topological polar surface area (TPSA) is 86.8 Å². The number of anilines is 1. The van der Waals surface area contributed by atoms with Gasteiger partial charge >= 0.3 is 0 Å². The van der Waals surface area contributed by atoms with Crippen molar-refractivity contribution in [3.8, 4) is 0 Å². The fourth-order valence-corrected chi connectivity index (χ4v) is 6.55. The van der Waals surface area contributed by atoms with Gasteiger partial charge in [0.25, 0.3) is 5.91 Å². The molecule has 0 spiro atoms. The van der Waals surface area contributed by atoms with Crippen LogP contribution < -0.4 is 5.32 Å². The molecule has 0 saturated carbocycles. The minimum atomic E-state index is -3.53. The Labute approximate surface area is 187 Å². The molecule has 2 atom stereocenters. The highest BCUT2D eigenvalue weighted by Crippen LogP contribution is 2.26. The van der Waals surface area contributed by atoms with E-state index in [9.17, 15) is 18.0 Å². The lowest BCUT2D eigenvalue weighted by atomic mass is 10.0. The van der Waals surface area contributed by atoms with Gasteiger partial charge in [0, 0.05) is 25.3 Å². The number of sulfonamides is 1. The van der Waals surface area contributed by atoms with E-state index in [1.165, 1.54) is 23.5 Å². The van der Waals surface area contributed by atoms with Gasteiger partial charge in [0.2, 0.25) is 15.9 Å². The Morgan fingerprint density at radius 3 is 2.48 bits per heavy atom. The number of carbonyl (C=O) groups excluding carboxylic acids is 2. The van der Waals surface area contributed by atoms with E-state index in [4.69, 9.17) is 0 Å². The second-order valence-corrected chi connectivity index (χ2v) is 11.1. The third kappa shape index (κ3) is 4.68. The Kier molecular flexibility index (Phi) is 6.45. The molecular weight excluding hydrogens is 434 g/mol. The molecule has 1 aromatic carbocycles. The van der Waals surface area contributed by atoms with Crippen LogP contribution in [0.15, 0.2) is 46.7 Å². The SMILES string of the molecule is C[C@@H]1CCCN(S(=O)(=O)c2ccc(NC(=O)[C@@H]3CCCN3C(=O)c3cccs3)cc2)C1. The molecule has 2 aromatic rings. The van der Waals surface area contributed by atoms with E-state index >= 15 is 0 Å². The number of nitrogens with zero attached hydrogens (tertiary/aromatic N) is 2. The van der Waals surface area contributed by atoms with Crippen LogP contribution in [-0.2, 0) is 14.8 Å². The summed E-state index contributed by atoms with van der Waals surface area (Å²) in [6, 6.07) is 9.36. The van der Waals surface area contributed by atoms with Crippen molar-refractivity contribution < 1.29 is 18.0 Å². The summed E-state index contributed by atoms with van der Waals surface area (Å²) in [7, 11) is -3.53. The summed E-state index contributed by atoms with van der Waals surface area (Å²) in [6.07, 6.45) is 3.31. The van der Waals surface area contributed by atoms with E-state index < -0.39 is 16.1 Å². The Bertz CT molecular complexity index is 1040. The van der Waals surface area contributed by atoms with Gasteiger partial charge in [-0.1, -0.05) is 13.0 Å². The first-order valence-electron chi connectivity index (χ1n) is 10.6. The van der Waals surface area contributed by atoms with E-state index in [2.05, 4.69) is 12.2 Å². The Morgan fingerprint density at radius 1 is 1.06 bits per heavy atom. The van der Waals surface area contributed by atoms with Crippen molar-refractivity contribution in [2.75, 3.05) is 25.0 Å². The molecule has 7 nitrogen and oxygen atoms in total. The van der Waals surface area contributed by atoms with Crippen LogP contribution in [0, 0.1) is 5.92 Å². The third-order valence-corrected chi connectivity index (χ3v) is 8.66. The summed E-state index contributed by atoms with van der Waals surface area (Å²) in [4.78, 5) is 28.0. The van der Waals surface area contributed by atoms with Crippen molar-refractivity contribution in [3.63, 3.8) is 0 Å². The zero-order valence-electron chi connectivity index (χ0n) is 17.5. The number of hydrogen-bond acceptors (Lipinski definition) is 5. The number of likely N-dealkylation sites (tertiary alicyclic amines) is 1. The lowest BCUT2D eigenvalue weighted by molar-refractivity contribution is -0.119. The van der Waals surface area contributed by atoms with Crippen LogP contribution in [0.25, 0.3) is 0 Å². The largest absolute Gasteiger partial charge is 0.326 e. The number of amides is 2. The monoisotopic (exact) mass is 461 g/mol. The van der Waals surface area contributed by atoms with Crippen LogP contribution in [-0.4, -0.2) is 55.1 Å². The summed E-state index contributed by atoms with van der Waals surface area (Å²) in [6.45, 7) is 3.70. The predicted octanol–water partition coefficient (Wildman–Crippen LogP) is 3.41.